The number of halogens is 1. The van der Waals surface area contributed by atoms with E-state index in [9.17, 15) is 0 Å². The molecule has 1 nitrogen and oxygen atoms in total. The lowest BCUT2D eigenvalue weighted by Gasteiger charge is -2.14. The van der Waals surface area contributed by atoms with Gasteiger partial charge in [-0.15, -0.1) is 11.3 Å². The average Bonchev–Trinajstić information content (AvgIpc) is 2.77. The first-order valence-corrected chi connectivity index (χ1v) is 7.83. The zero-order chi connectivity index (χ0) is 13.0. The normalized spacial score (nSPS) is 12.6. The van der Waals surface area contributed by atoms with E-state index in [1.165, 1.54) is 20.5 Å². The van der Waals surface area contributed by atoms with Crippen LogP contribution in [0, 0.1) is 12.8 Å². The van der Waals surface area contributed by atoms with Gasteiger partial charge in [-0.1, -0.05) is 29.8 Å². The molecule has 0 amide bonds. The summed E-state index contributed by atoms with van der Waals surface area (Å²) in [5.74, 6) is 0.516. The standard InChI is InChI=1S/C15H18BrNS/c1-11-2-4-12(5-3-11)8-13(10-17)9-15-14(16)6-7-18-15/h2-7,13H,8-10,17H2,1H3. The van der Waals surface area contributed by atoms with Crippen molar-refractivity contribution in [3.05, 3.63) is 56.2 Å². The molecule has 0 fully saturated rings. The summed E-state index contributed by atoms with van der Waals surface area (Å²) in [5.41, 5.74) is 8.59. The summed E-state index contributed by atoms with van der Waals surface area (Å²) in [6.07, 6.45) is 2.11. The van der Waals surface area contributed by atoms with Gasteiger partial charge in [0.25, 0.3) is 0 Å². The largest absolute Gasteiger partial charge is 0.330 e. The van der Waals surface area contributed by atoms with Gasteiger partial charge in [0.1, 0.15) is 0 Å². The molecule has 0 spiro atoms. The lowest BCUT2D eigenvalue weighted by molar-refractivity contribution is 0.536. The third-order valence-electron chi connectivity index (χ3n) is 3.14. The van der Waals surface area contributed by atoms with Crippen LogP contribution in [-0.4, -0.2) is 6.54 Å². The van der Waals surface area contributed by atoms with Gasteiger partial charge in [0.2, 0.25) is 0 Å². The van der Waals surface area contributed by atoms with Crippen LogP contribution in [0.1, 0.15) is 16.0 Å². The van der Waals surface area contributed by atoms with Crippen molar-refractivity contribution in [2.75, 3.05) is 6.54 Å². The molecule has 1 atom stereocenters. The van der Waals surface area contributed by atoms with E-state index in [1.54, 1.807) is 11.3 Å². The summed E-state index contributed by atoms with van der Waals surface area (Å²) >= 11 is 5.39. The number of aryl methyl sites for hydroxylation is 1. The van der Waals surface area contributed by atoms with Crippen molar-refractivity contribution in [3.63, 3.8) is 0 Å². The highest BCUT2D eigenvalue weighted by Gasteiger charge is 2.12. The molecule has 2 aromatic rings. The minimum absolute atomic E-state index is 0.516. The van der Waals surface area contributed by atoms with Crippen molar-refractivity contribution in [1.82, 2.24) is 0 Å². The van der Waals surface area contributed by atoms with Crippen LogP contribution in [0.2, 0.25) is 0 Å². The molecule has 2 N–H and O–H groups in total. The van der Waals surface area contributed by atoms with Gasteiger partial charge in [-0.2, -0.15) is 0 Å². The van der Waals surface area contributed by atoms with Crippen molar-refractivity contribution in [2.24, 2.45) is 11.7 Å². The quantitative estimate of drug-likeness (QED) is 0.877. The van der Waals surface area contributed by atoms with Crippen molar-refractivity contribution in [2.45, 2.75) is 19.8 Å². The second kappa shape index (κ2) is 6.50. The van der Waals surface area contributed by atoms with Crippen LogP contribution in [0.4, 0.5) is 0 Å². The Kier molecular flexibility index (Phi) is 4.98. The van der Waals surface area contributed by atoms with Crippen molar-refractivity contribution >= 4 is 27.3 Å². The molecule has 18 heavy (non-hydrogen) atoms. The second-order valence-electron chi connectivity index (χ2n) is 4.69. The van der Waals surface area contributed by atoms with Crippen LogP contribution in [0.3, 0.4) is 0 Å². The predicted molar refractivity (Wildman–Crippen MR) is 83.2 cm³/mol. The molecule has 1 aromatic heterocycles. The van der Waals surface area contributed by atoms with Gasteiger partial charge in [-0.05, 0) is 65.2 Å². The van der Waals surface area contributed by atoms with Gasteiger partial charge >= 0.3 is 0 Å². The van der Waals surface area contributed by atoms with Crippen LogP contribution in [0.25, 0.3) is 0 Å². The van der Waals surface area contributed by atoms with E-state index in [0.29, 0.717) is 5.92 Å². The zero-order valence-corrected chi connectivity index (χ0v) is 12.9. The number of thiophene rings is 1. The molecule has 0 saturated heterocycles. The van der Waals surface area contributed by atoms with Gasteiger partial charge in [0, 0.05) is 9.35 Å². The minimum atomic E-state index is 0.516. The fourth-order valence-corrected chi connectivity index (χ4v) is 3.66. The molecule has 96 valence electrons. The number of rotatable bonds is 5. The monoisotopic (exact) mass is 323 g/mol. The van der Waals surface area contributed by atoms with Gasteiger partial charge < -0.3 is 5.73 Å². The van der Waals surface area contributed by atoms with E-state index in [2.05, 4.69) is 58.6 Å². The first-order chi connectivity index (χ1) is 8.69. The molecule has 0 radical (unpaired) electrons. The van der Waals surface area contributed by atoms with E-state index in [1.807, 2.05) is 0 Å². The SMILES string of the molecule is Cc1ccc(CC(CN)Cc2sccc2Br)cc1. The summed E-state index contributed by atoms with van der Waals surface area (Å²) in [6.45, 7) is 2.85. The van der Waals surface area contributed by atoms with Crippen LogP contribution in [0.15, 0.2) is 40.2 Å². The molecule has 0 aliphatic rings. The Labute approximate surface area is 121 Å². The molecule has 1 unspecified atom stereocenters. The summed E-state index contributed by atoms with van der Waals surface area (Å²) in [4.78, 5) is 1.40. The van der Waals surface area contributed by atoms with Gasteiger partial charge in [0.15, 0.2) is 0 Å². The lowest BCUT2D eigenvalue weighted by atomic mass is 9.95. The highest BCUT2D eigenvalue weighted by molar-refractivity contribution is 9.10. The van der Waals surface area contributed by atoms with E-state index in [4.69, 9.17) is 5.73 Å². The number of hydrogen-bond donors (Lipinski definition) is 1. The fourth-order valence-electron chi connectivity index (χ4n) is 2.03. The van der Waals surface area contributed by atoms with Crippen LogP contribution in [0.5, 0.6) is 0 Å². The Bertz CT molecular complexity index is 489. The van der Waals surface area contributed by atoms with E-state index >= 15 is 0 Å². The summed E-state index contributed by atoms with van der Waals surface area (Å²) in [6, 6.07) is 10.9. The summed E-state index contributed by atoms with van der Waals surface area (Å²) in [7, 11) is 0. The van der Waals surface area contributed by atoms with Crippen LogP contribution >= 0.6 is 27.3 Å². The van der Waals surface area contributed by atoms with Crippen molar-refractivity contribution < 1.29 is 0 Å². The minimum Gasteiger partial charge on any atom is -0.330 e. The Hall–Kier alpha value is -0.640. The molecule has 0 saturated carbocycles. The van der Waals surface area contributed by atoms with E-state index in [-0.39, 0.29) is 0 Å². The highest BCUT2D eigenvalue weighted by Crippen LogP contribution is 2.26. The number of benzene rings is 1. The third-order valence-corrected chi connectivity index (χ3v) is 5.09. The second-order valence-corrected chi connectivity index (χ2v) is 6.54. The molecular formula is C15H18BrNS. The third kappa shape index (κ3) is 3.67. The number of hydrogen-bond acceptors (Lipinski definition) is 2. The topological polar surface area (TPSA) is 26.0 Å². The van der Waals surface area contributed by atoms with E-state index in [0.717, 1.165) is 19.4 Å². The molecule has 2 rings (SSSR count). The van der Waals surface area contributed by atoms with Gasteiger partial charge in [0.05, 0.1) is 0 Å². The molecule has 0 aliphatic carbocycles. The molecule has 0 aliphatic heterocycles. The van der Waals surface area contributed by atoms with E-state index < -0.39 is 0 Å². The first-order valence-electron chi connectivity index (χ1n) is 6.16. The molecule has 1 aromatic carbocycles. The number of nitrogens with two attached hydrogens (primary N) is 1. The van der Waals surface area contributed by atoms with Crippen molar-refractivity contribution in [1.29, 1.82) is 0 Å². The fraction of sp³-hybridized carbons (Fsp3) is 0.333. The van der Waals surface area contributed by atoms with Crippen LogP contribution in [-0.2, 0) is 12.8 Å². The Morgan fingerprint density at radius 1 is 1.17 bits per heavy atom. The smallest absolute Gasteiger partial charge is 0.0314 e. The maximum absolute atomic E-state index is 5.91. The summed E-state index contributed by atoms with van der Waals surface area (Å²) in [5, 5.41) is 2.12. The predicted octanol–water partition coefficient (Wildman–Crippen LogP) is 4.18. The first kappa shape index (κ1) is 13.8. The highest BCUT2D eigenvalue weighted by atomic mass is 79.9. The Balaban J connectivity index is 2.01. The summed E-state index contributed by atoms with van der Waals surface area (Å²) < 4.78 is 1.22. The van der Waals surface area contributed by atoms with Crippen LogP contribution < -0.4 is 5.73 Å². The Morgan fingerprint density at radius 2 is 1.89 bits per heavy atom. The Morgan fingerprint density at radius 3 is 2.44 bits per heavy atom. The lowest BCUT2D eigenvalue weighted by Crippen LogP contribution is -2.19. The maximum Gasteiger partial charge on any atom is 0.0314 e. The molecule has 1 heterocycles. The zero-order valence-electron chi connectivity index (χ0n) is 10.5. The molecular weight excluding hydrogens is 306 g/mol. The average molecular weight is 324 g/mol. The van der Waals surface area contributed by atoms with Crippen molar-refractivity contribution in [3.8, 4) is 0 Å². The molecule has 3 heteroatoms. The molecule has 0 bridgehead atoms. The van der Waals surface area contributed by atoms with Gasteiger partial charge in [-0.25, -0.2) is 0 Å². The maximum atomic E-state index is 5.91. The van der Waals surface area contributed by atoms with Gasteiger partial charge in [-0.3, -0.25) is 0 Å².